The largest absolute Gasteiger partial charge is 0.367 e. The standard InChI is InChI=1S/C12H17N3O4S/c1-9-8-14(6-5-13-9)11-7-10(15(16)17)3-4-12(11)20(2,18)19/h3-4,7,9,13H,5-6,8H2,1-2H3/t9-/m0/s1. The minimum absolute atomic E-state index is 0.0985. The van der Waals surface area contributed by atoms with Gasteiger partial charge < -0.3 is 10.2 Å². The third kappa shape index (κ3) is 3.07. The molecule has 0 unspecified atom stereocenters. The minimum Gasteiger partial charge on any atom is -0.367 e. The van der Waals surface area contributed by atoms with Crippen LogP contribution in [0, 0.1) is 10.1 Å². The molecule has 0 aliphatic carbocycles. The summed E-state index contributed by atoms with van der Waals surface area (Å²) >= 11 is 0. The Morgan fingerprint density at radius 3 is 2.70 bits per heavy atom. The molecule has 1 aromatic carbocycles. The zero-order valence-electron chi connectivity index (χ0n) is 11.4. The highest BCUT2D eigenvalue weighted by molar-refractivity contribution is 7.90. The average molecular weight is 299 g/mol. The van der Waals surface area contributed by atoms with E-state index in [1.807, 2.05) is 11.8 Å². The second-order valence-corrected chi connectivity index (χ2v) is 6.97. The highest BCUT2D eigenvalue weighted by Gasteiger charge is 2.24. The highest BCUT2D eigenvalue weighted by atomic mass is 32.2. The maximum Gasteiger partial charge on any atom is 0.271 e. The van der Waals surface area contributed by atoms with Crippen LogP contribution < -0.4 is 10.2 Å². The van der Waals surface area contributed by atoms with Crippen LogP contribution >= 0.6 is 0 Å². The molecule has 0 bridgehead atoms. The fraction of sp³-hybridized carbons (Fsp3) is 0.500. The fourth-order valence-corrected chi connectivity index (χ4v) is 3.21. The van der Waals surface area contributed by atoms with E-state index in [1.165, 1.54) is 18.2 Å². The van der Waals surface area contributed by atoms with E-state index >= 15 is 0 Å². The molecule has 0 saturated carbocycles. The predicted molar refractivity (Wildman–Crippen MR) is 75.9 cm³/mol. The van der Waals surface area contributed by atoms with Gasteiger partial charge in [0.25, 0.3) is 5.69 Å². The SMILES string of the molecule is C[C@H]1CN(c2cc([N+](=O)[O-])ccc2S(C)(=O)=O)CCN1. The summed E-state index contributed by atoms with van der Waals surface area (Å²) in [6.45, 7) is 3.94. The van der Waals surface area contributed by atoms with E-state index in [0.29, 0.717) is 25.3 Å². The summed E-state index contributed by atoms with van der Waals surface area (Å²) < 4.78 is 23.7. The van der Waals surface area contributed by atoms with Gasteiger partial charge in [0.1, 0.15) is 0 Å². The van der Waals surface area contributed by atoms with E-state index in [9.17, 15) is 18.5 Å². The van der Waals surface area contributed by atoms with E-state index in [4.69, 9.17) is 0 Å². The van der Waals surface area contributed by atoms with Crippen molar-refractivity contribution in [2.24, 2.45) is 0 Å². The van der Waals surface area contributed by atoms with Gasteiger partial charge in [0.05, 0.1) is 15.5 Å². The molecular weight excluding hydrogens is 282 g/mol. The molecule has 1 aliphatic heterocycles. The molecule has 1 fully saturated rings. The molecule has 1 atom stereocenters. The molecule has 20 heavy (non-hydrogen) atoms. The van der Waals surface area contributed by atoms with Gasteiger partial charge in [-0.15, -0.1) is 0 Å². The number of hydrogen-bond acceptors (Lipinski definition) is 6. The van der Waals surface area contributed by atoms with Crippen molar-refractivity contribution >= 4 is 21.2 Å². The Labute approximate surface area is 117 Å². The average Bonchev–Trinajstić information content (AvgIpc) is 2.37. The van der Waals surface area contributed by atoms with Crippen molar-refractivity contribution in [3.63, 3.8) is 0 Å². The number of piperazine rings is 1. The number of sulfone groups is 1. The normalized spacial score (nSPS) is 19.9. The van der Waals surface area contributed by atoms with Gasteiger partial charge in [-0.1, -0.05) is 0 Å². The zero-order valence-corrected chi connectivity index (χ0v) is 12.2. The zero-order chi connectivity index (χ0) is 14.9. The van der Waals surface area contributed by atoms with Gasteiger partial charge in [-0.2, -0.15) is 0 Å². The third-order valence-corrected chi connectivity index (χ3v) is 4.41. The van der Waals surface area contributed by atoms with Crippen molar-refractivity contribution in [3.8, 4) is 0 Å². The Kier molecular flexibility index (Phi) is 3.96. The Balaban J connectivity index is 2.51. The molecule has 8 heteroatoms. The first-order valence-electron chi connectivity index (χ1n) is 6.26. The first-order valence-corrected chi connectivity index (χ1v) is 8.15. The maximum atomic E-state index is 11.8. The molecule has 0 aromatic heterocycles. The number of rotatable bonds is 3. The molecule has 1 N–H and O–H groups in total. The number of anilines is 1. The highest BCUT2D eigenvalue weighted by Crippen LogP contribution is 2.30. The van der Waals surface area contributed by atoms with Crippen LogP contribution in [0.3, 0.4) is 0 Å². The Bertz CT molecular complexity index is 630. The fourth-order valence-electron chi connectivity index (χ4n) is 2.33. The molecule has 0 radical (unpaired) electrons. The van der Waals surface area contributed by atoms with E-state index in [0.717, 1.165) is 6.26 Å². The lowest BCUT2D eigenvalue weighted by Gasteiger charge is -2.34. The number of nitrogens with zero attached hydrogens (tertiary/aromatic N) is 2. The number of nitro groups is 1. The number of non-ortho nitro benzene ring substituents is 1. The van der Waals surface area contributed by atoms with Crippen LogP contribution in [0.2, 0.25) is 0 Å². The third-order valence-electron chi connectivity index (χ3n) is 3.26. The summed E-state index contributed by atoms with van der Waals surface area (Å²) in [7, 11) is -3.43. The summed E-state index contributed by atoms with van der Waals surface area (Å²) in [4.78, 5) is 12.4. The minimum atomic E-state index is -3.43. The first-order chi connectivity index (χ1) is 9.29. The van der Waals surface area contributed by atoms with E-state index < -0.39 is 14.8 Å². The number of hydrogen-bond donors (Lipinski definition) is 1. The molecule has 1 aliphatic rings. The van der Waals surface area contributed by atoms with Crippen molar-refractivity contribution in [1.82, 2.24) is 5.32 Å². The first kappa shape index (κ1) is 14.7. The lowest BCUT2D eigenvalue weighted by Crippen LogP contribution is -2.49. The van der Waals surface area contributed by atoms with E-state index in [1.54, 1.807) is 0 Å². The van der Waals surface area contributed by atoms with Crippen LogP contribution in [0.25, 0.3) is 0 Å². The number of nitro benzene ring substituents is 1. The summed E-state index contributed by atoms with van der Waals surface area (Å²) in [5.74, 6) is 0. The van der Waals surface area contributed by atoms with Crippen LogP contribution in [0.1, 0.15) is 6.92 Å². The molecule has 7 nitrogen and oxygen atoms in total. The van der Waals surface area contributed by atoms with Crippen molar-refractivity contribution in [1.29, 1.82) is 0 Å². The molecule has 1 aromatic rings. The monoisotopic (exact) mass is 299 g/mol. The smallest absolute Gasteiger partial charge is 0.271 e. The van der Waals surface area contributed by atoms with Gasteiger partial charge in [-0.3, -0.25) is 10.1 Å². The molecule has 2 rings (SSSR count). The van der Waals surface area contributed by atoms with Crippen molar-refractivity contribution in [2.75, 3.05) is 30.8 Å². The van der Waals surface area contributed by atoms with Gasteiger partial charge in [0.2, 0.25) is 0 Å². The van der Waals surface area contributed by atoms with Crippen LogP contribution in [0.15, 0.2) is 23.1 Å². The van der Waals surface area contributed by atoms with Crippen molar-refractivity contribution in [3.05, 3.63) is 28.3 Å². The van der Waals surface area contributed by atoms with E-state index in [2.05, 4.69) is 5.32 Å². The summed E-state index contributed by atoms with van der Waals surface area (Å²) in [6.07, 6.45) is 1.11. The lowest BCUT2D eigenvalue weighted by atomic mass is 10.2. The maximum absolute atomic E-state index is 11.8. The second kappa shape index (κ2) is 5.37. The predicted octanol–water partition coefficient (Wildman–Crippen LogP) is 0.796. The van der Waals surface area contributed by atoms with Crippen LogP contribution in [-0.4, -0.2) is 45.3 Å². The second-order valence-electron chi connectivity index (χ2n) is 4.98. The topological polar surface area (TPSA) is 92.5 Å². The van der Waals surface area contributed by atoms with Gasteiger partial charge in [-0.05, 0) is 13.0 Å². The van der Waals surface area contributed by atoms with Gasteiger partial charge in [0.15, 0.2) is 9.84 Å². The number of benzene rings is 1. The number of nitrogens with one attached hydrogen (secondary N) is 1. The molecule has 110 valence electrons. The lowest BCUT2D eigenvalue weighted by molar-refractivity contribution is -0.384. The Morgan fingerprint density at radius 2 is 2.15 bits per heavy atom. The molecule has 1 saturated heterocycles. The van der Waals surface area contributed by atoms with Gasteiger partial charge >= 0.3 is 0 Å². The van der Waals surface area contributed by atoms with Crippen LogP contribution in [0.4, 0.5) is 11.4 Å². The molecule has 0 spiro atoms. The van der Waals surface area contributed by atoms with Gasteiger partial charge in [0, 0.05) is 44.1 Å². The molecular formula is C12H17N3O4S. The van der Waals surface area contributed by atoms with Gasteiger partial charge in [-0.25, -0.2) is 8.42 Å². The molecule has 1 heterocycles. The van der Waals surface area contributed by atoms with Crippen LogP contribution in [0.5, 0.6) is 0 Å². The van der Waals surface area contributed by atoms with E-state index in [-0.39, 0.29) is 16.6 Å². The Hall–Kier alpha value is -1.67. The summed E-state index contributed by atoms with van der Waals surface area (Å²) in [5.41, 5.74) is 0.314. The van der Waals surface area contributed by atoms with Crippen molar-refractivity contribution in [2.45, 2.75) is 17.9 Å². The van der Waals surface area contributed by atoms with Crippen molar-refractivity contribution < 1.29 is 13.3 Å². The summed E-state index contributed by atoms with van der Waals surface area (Å²) in [6, 6.07) is 4.09. The van der Waals surface area contributed by atoms with Crippen LogP contribution in [-0.2, 0) is 9.84 Å². The Morgan fingerprint density at radius 1 is 1.45 bits per heavy atom. The molecule has 0 amide bonds. The summed E-state index contributed by atoms with van der Waals surface area (Å²) in [5, 5.41) is 14.1. The quantitative estimate of drug-likeness (QED) is 0.655.